The fourth-order valence-electron chi connectivity index (χ4n) is 3.00. The average Bonchev–Trinajstić information content (AvgIpc) is 2.42. The highest BCUT2D eigenvalue weighted by atomic mass is 35.5. The van der Waals surface area contributed by atoms with Gasteiger partial charge in [-0.1, -0.05) is 11.6 Å². The Hall–Kier alpha value is -1.24. The molecule has 0 N–H and O–H groups in total. The highest BCUT2D eigenvalue weighted by molar-refractivity contribution is 6.30. The van der Waals surface area contributed by atoms with Crippen molar-refractivity contribution in [3.05, 3.63) is 29.3 Å². The standard InChI is InChI=1S/C16H22ClN3/c1-13-11-19(16-7-5-15(17)6-8-16)12-14(2)20(13)10-4-3-9-18/h5-8,13-14H,3-4,10-12H2,1-2H3. The maximum atomic E-state index is 8.65. The first-order valence-corrected chi connectivity index (χ1v) is 7.63. The number of halogens is 1. The molecule has 2 unspecified atom stereocenters. The molecule has 108 valence electrons. The lowest BCUT2D eigenvalue weighted by atomic mass is 10.1. The minimum absolute atomic E-state index is 0.508. The zero-order valence-corrected chi connectivity index (χ0v) is 13.0. The van der Waals surface area contributed by atoms with Crippen LogP contribution in [0.5, 0.6) is 0 Å². The Bertz CT molecular complexity index is 454. The van der Waals surface area contributed by atoms with Gasteiger partial charge >= 0.3 is 0 Å². The molecular weight excluding hydrogens is 270 g/mol. The van der Waals surface area contributed by atoms with Crippen molar-refractivity contribution in [2.45, 2.75) is 38.8 Å². The summed E-state index contributed by atoms with van der Waals surface area (Å²) >= 11 is 5.95. The van der Waals surface area contributed by atoms with Crippen molar-refractivity contribution in [1.29, 1.82) is 5.26 Å². The van der Waals surface area contributed by atoms with Gasteiger partial charge in [0, 0.05) is 42.3 Å². The van der Waals surface area contributed by atoms with Gasteiger partial charge in [0.15, 0.2) is 0 Å². The van der Waals surface area contributed by atoms with Crippen LogP contribution in [0.2, 0.25) is 5.02 Å². The Kier molecular flexibility index (Phi) is 5.28. The number of hydrogen-bond donors (Lipinski definition) is 0. The molecule has 0 radical (unpaired) electrons. The fourth-order valence-corrected chi connectivity index (χ4v) is 3.13. The summed E-state index contributed by atoms with van der Waals surface area (Å²) in [5, 5.41) is 9.44. The Morgan fingerprint density at radius 2 is 1.80 bits per heavy atom. The van der Waals surface area contributed by atoms with Gasteiger partial charge in [-0.2, -0.15) is 5.26 Å². The van der Waals surface area contributed by atoms with E-state index in [-0.39, 0.29) is 0 Å². The van der Waals surface area contributed by atoms with E-state index in [4.69, 9.17) is 16.9 Å². The predicted molar refractivity (Wildman–Crippen MR) is 84.1 cm³/mol. The molecule has 0 bridgehead atoms. The van der Waals surface area contributed by atoms with Crippen molar-refractivity contribution in [3.63, 3.8) is 0 Å². The number of benzene rings is 1. The highest BCUT2D eigenvalue weighted by Crippen LogP contribution is 2.24. The molecule has 1 aliphatic heterocycles. The zero-order chi connectivity index (χ0) is 14.5. The second kappa shape index (κ2) is 6.97. The molecule has 4 heteroatoms. The predicted octanol–water partition coefficient (Wildman–Crippen LogP) is 3.54. The van der Waals surface area contributed by atoms with Crippen molar-refractivity contribution in [2.24, 2.45) is 0 Å². The van der Waals surface area contributed by atoms with E-state index in [0.29, 0.717) is 18.5 Å². The Labute approximate surface area is 126 Å². The molecule has 3 nitrogen and oxygen atoms in total. The minimum atomic E-state index is 0.508. The number of hydrogen-bond acceptors (Lipinski definition) is 3. The fraction of sp³-hybridized carbons (Fsp3) is 0.562. The van der Waals surface area contributed by atoms with Gasteiger partial charge in [-0.3, -0.25) is 4.90 Å². The van der Waals surface area contributed by atoms with Gasteiger partial charge < -0.3 is 4.90 Å². The molecular formula is C16H22ClN3. The third kappa shape index (κ3) is 3.65. The smallest absolute Gasteiger partial charge is 0.0622 e. The molecule has 0 amide bonds. The SMILES string of the molecule is CC1CN(c2ccc(Cl)cc2)CC(C)N1CCCC#N. The van der Waals surface area contributed by atoms with Crippen molar-refractivity contribution < 1.29 is 0 Å². The van der Waals surface area contributed by atoms with E-state index in [1.54, 1.807) is 0 Å². The lowest BCUT2D eigenvalue weighted by Crippen LogP contribution is -2.56. The monoisotopic (exact) mass is 291 g/mol. The molecule has 1 aromatic rings. The maximum Gasteiger partial charge on any atom is 0.0622 e. The van der Waals surface area contributed by atoms with E-state index in [1.807, 2.05) is 12.1 Å². The molecule has 1 fully saturated rings. The number of anilines is 1. The van der Waals surface area contributed by atoms with Crippen LogP contribution < -0.4 is 4.90 Å². The number of piperazine rings is 1. The Balaban J connectivity index is 1.98. The van der Waals surface area contributed by atoms with Gasteiger partial charge in [-0.15, -0.1) is 0 Å². The first kappa shape index (κ1) is 15.2. The van der Waals surface area contributed by atoms with Crippen molar-refractivity contribution >= 4 is 17.3 Å². The van der Waals surface area contributed by atoms with Gasteiger partial charge in [-0.05, 0) is 51.1 Å². The summed E-state index contributed by atoms with van der Waals surface area (Å²) in [6.45, 7) is 7.61. The van der Waals surface area contributed by atoms with Crippen molar-refractivity contribution in [1.82, 2.24) is 4.90 Å². The van der Waals surface area contributed by atoms with E-state index in [9.17, 15) is 0 Å². The molecule has 1 heterocycles. The zero-order valence-electron chi connectivity index (χ0n) is 12.2. The quantitative estimate of drug-likeness (QED) is 0.795. The number of nitrogens with zero attached hydrogens (tertiary/aromatic N) is 3. The van der Waals surface area contributed by atoms with Crippen LogP contribution in [0.15, 0.2) is 24.3 Å². The number of unbranched alkanes of at least 4 members (excludes halogenated alkanes) is 1. The first-order valence-electron chi connectivity index (χ1n) is 7.25. The van der Waals surface area contributed by atoms with Crippen LogP contribution in [0.4, 0.5) is 5.69 Å². The molecule has 0 aliphatic carbocycles. The van der Waals surface area contributed by atoms with Crippen LogP contribution in [-0.4, -0.2) is 36.6 Å². The minimum Gasteiger partial charge on any atom is -0.368 e. The molecule has 1 aliphatic rings. The number of nitriles is 1. The molecule has 2 rings (SSSR count). The summed E-state index contributed by atoms with van der Waals surface area (Å²) < 4.78 is 0. The van der Waals surface area contributed by atoms with Crippen molar-refractivity contribution in [3.8, 4) is 6.07 Å². The average molecular weight is 292 g/mol. The third-order valence-electron chi connectivity index (χ3n) is 4.00. The van der Waals surface area contributed by atoms with E-state index in [1.165, 1.54) is 5.69 Å². The lowest BCUT2D eigenvalue weighted by molar-refractivity contribution is 0.131. The van der Waals surface area contributed by atoms with Gasteiger partial charge in [0.25, 0.3) is 0 Å². The van der Waals surface area contributed by atoms with Crippen LogP contribution >= 0.6 is 11.6 Å². The topological polar surface area (TPSA) is 30.3 Å². The summed E-state index contributed by atoms with van der Waals surface area (Å²) in [7, 11) is 0. The Morgan fingerprint density at radius 3 is 2.35 bits per heavy atom. The maximum absolute atomic E-state index is 8.65. The summed E-state index contributed by atoms with van der Waals surface area (Å²) in [6, 6.07) is 11.3. The molecule has 1 saturated heterocycles. The highest BCUT2D eigenvalue weighted by Gasteiger charge is 2.28. The van der Waals surface area contributed by atoms with Gasteiger partial charge in [0.05, 0.1) is 6.07 Å². The van der Waals surface area contributed by atoms with E-state index < -0.39 is 0 Å². The summed E-state index contributed by atoms with van der Waals surface area (Å²) in [4.78, 5) is 4.94. The normalized spacial score (nSPS) is 23.6. The van der Waals surface area contributed by atoms with Crippen LogP contribution in [-0.2, 0) is 0 Å². The summed E-state index contributed by atoms with van der Waals surface area (Å²) in [5.41, 5.74) is 1.24. The van der Waals surface area contributed by atoms with Crippen LogP contribution in [0, 0.1) is 11.3 Å². The lowest BCUT2D eigenvalue weighted by Gasteiger charge is -2.45. The second-order valence-corrected chi connectivity index (χ2v) is 6.02. The van der Waals surface area contributed by atoms with Crippen molar-refractivity contribution in [2.75, 3.05) is 24.5 Å². The first-order chi connectivity index (χ1) is 9.61. The van der Waals surface area contributed by atoms with E-state index in [2.05, 4.69) is 41.8 Å². The van der Waals surface area contributed by atoms with E-state index >= 15 is 0 Å². The summed E-state index contributed by atoms with van der Waals surface area (Å²) in [5.74, 6) is 0. The second-order valence-electron chi connectivity index (χ2n) is 5.58. The molecule has 20 heavy (non-hydrogen) atoms. The molecule has 1 aromatic carbocycles. The molecule has 0 aromatic heterocycles. The van der Waals surface area contributed by atoms with E-state index in [0.717, 1.165) is 31.1 Å². The van der Waals surface area contributed by atoms with Crippen LogP contribution in [0.1, 0.15) is 26.7 Å². The largest absolute Gasteiger partial charge is 0.368 e. The third-order valence-corrected chi connectivity index (χ3v) is 4.25. The van der Waals surface area contributed by atoms with Crippen LogP contribution in [0.3, 0.4) is 0 Å². The Morgan fingerprint density at radius 1 is 1.20 bits per heavy atom. The molecule has 2 atom stereocenters. The van der Waals surface area contributed by atoms with Gasteiger partial charge in [0.2, 0.25) is 0 Å². The summed E-state index contributed by atoms with van der Waals surface area (Å²) in [6.07, 6.45) is 1.61. The van der Waals surface area contributed by atoms with Gasteiger partial charge in [0.1, 0.15) is 0 Å². The van der Waals surface area contributed by atoms with Gasteiger partial charge in [-0.25, -0.2) is 0 Å². The van der Waals surface area contributed by atoms with Crippen LogP contribution in [0.25, 0.3) is 0 Å². The molecule has 0 saturated carbocycles. The number of rotatable bonds is 4. The molecule has 0 spiro atoms.